The molecule has 3 N–H and O–H groups in total. The van der Waals surface area contributed by atoms with Crippen LogP contribution in [0.1, 0.15) is 58.2 Å². The minimum absolute atomic E-state index is 0.266. The fourth-order valence-corrected chi connectivity index (χ4v) is 3.50. The number of rotatable bonds is 3. The number of carbonyl (C=O) groups excluding carboxylic acids is 1. The summed E-state index contributed by atoms with van der Waals surface area (Å²) in [6.07, 6.45) is 1.74. The molecule has 1 fully saturated rings. The number of phenols is 1. The Morgan fingerprint density at radius 3 is 2.11 bits per heavy atom. The predicted octanol–water partition coefficient (Wildman–Crippen LogP) is 3.63. The third-order valence-corrected chi connectivity index (χ3v) is 5.00. The molecule has 1 aromatic rings. The number of hydrogen-bond acceptors (Lipinski definition) is 5. The van der Waals surface area contributed by atoms with Crippen molar-refractivity contribution in [2.24, 2.45) is 4.99 Å². The van der Waals surface area contributed by atoms with Gasteiger partial charge in [-0.2, -0.15) is 0 Å². The number of benzene rings is 1. The molecule has 27 heavy (non-hydrogen) atoms. The van der Waals surface area contributed by atoms with Crippen LogP contribution in [-0.2, 0) is 20.4 Å². The van der Waals surface area contributed by atoms with E-state index in [2.05, 4.69) is 10.3 Å². The molecule has 0 saturated carbocycles. The number of nitrogens with zero attached hydrogens (tertiary/aromatic N) is 1. The van der Waals surface area contributed by atoms with E-state index in [0.717, 1.165) is 28.5 Å². The Kier molecular flexibility index (Phi) is 5.75. The normalized spacial score (nSPS) is 18.2. The molecule has 0 spiro atoms. The van der Waals surface area contributed by atoms with Crippen LogP contribution in [0.2, 0.25) is 0 Å². The second-order valence-corrected chi connectivity index (χ2v) is 9.58. The molecule has 0 bridgehead atoms. The van der Waals surface area contributed by atoms with E-state index in [1.165, 1.54) is 0 Å². The van der Waals surface area contributed by atoms with E-state index in [0.29, 0.717) is 4.91 Å². The van der Waals surface area contributed by atoms with E-state index in [1.54, 1.807) is 6.08 Å². The van der Waals surface area contributed by atoms with Gasteiger partial charge >= 0.3 is 5.97 Å². The van der Waals surface area contributed by atoms with E-state index in [4.69, 9.17) is 5.11 Å². The average Bonchev–Trinajstić information content (AvgIpc) is 2.84. The maximum absolute atomic E-state index is 12.2. The highest BCUT2D eigenvalue weighted by Gasteiger charge is 2.28. The highest BCUT2D eigenvalue weighted by Crippen LogP contribution is 2.40. The van der Waals surface area contributed by atoms with E-state index in [-0.39, 0.29) is 27.7 Å². The molecule has 6 nitrogen and oxygen atoms in total. The van der Waals surface area contributed by atoms with Crippen molar-refractivity contribution in [2.75, 3.05) is 6.54 Å². The third kappa shape index (κ3) is 5.13. The third-order valence-electron chi connectivity index (χ3n) is 4.05. The summed E-state index contributed by atoms with van der Waals surface area (Å²) in [5.74, 6) is -1.09. The lowest BCUT2D eigenvalue weighted by molar-refractivity contribution is -0.135. The summed E-state index contributed by atoms with van der Waals surface area (Å²) in [5.41, 5.74) is 1.89. The number of thioether (sulfide) groups is 1. The van der Waals surface area contributed by atoms with Gasteiger partial charge in [0.15, 0.2) is 5.17 Å². The van der Waals surface area contributed by atoms with E-state index >= 15 is 0 Å². The lowest BCUT2D eigenvalue weighted by Gasteiger charge is -2.28. The zero-order valence-corrected chi connectivity index (χ0v) is 17.3. The number of carbonyl (C=O) groups is 2. The number of aromatic hydroxyl groups is 1. The molecule has 1 aromatic carbocycles. The van der Waals surface area contributed by atoms with Crippen LogP contribution in [0, 0.1) is 0 Å². The van der Waals surface area contributed by atoms with Crippen LogP contribution in [0.4, 0.5) is 0 Å². The van der Waals surface area contributed by atoms with Gasteiger partial charge in [0.25, 0.3) is 5.91 Å². The van der Waals surface area contributed by atoms with Crippen LogP contribution in [-0.4, -0.2) is 33.8 Å². The Morgan fingerprint density at radius 2 is 1.67 bits per heavy atom. The first kappa shape index (κ1) is 21.0. The van der Waals surface area contributed by atoms with Crippen molar-refractivity contribution >= 4 is 34.9 Å². The monoisotopic (exact) mass is 390 g/mol. The number of aliphatic carboxylic acids is 1. The number of aliphatic imine (C=N–C) groups is 1. The summed E-state index contributed by atoms with van der Waals surface area (Å²) in [5, 5.41) is 22.3. The van der Waals surface area contributed by atoms with Gasteiger partial charge in [-0.3, -0.25) is 14.6 Å². The van der Waals surface area contributed by atoms with E-state index in [1.807, 2.05) is 53.7 Å². The molecule has 7 heteroatoms. The first-order valence-corrected chi connectivity index (χ1v) is 9.46. The van der Waals surface area contributed by atoms with Gasteiger partial charge in [0.2, 0.25) is 0 Å². The van der Waals surface area contributed by atoms with Gasteiger partial charge in [-0.1, -0.05) is 41.5 Å². The topological polar surface area (TPSA) is 99.0 Å². The summed E-state index contributed by atoms with van der Waals surface area (Å²) >= 11 is 1.11. The Bertz CT molecular complexity index is 808. The smallest absolute Gasteiger partial charge is 0.325 e. The lowest BCUT2D eigenvalue weighted by atomic mass is 9.78. The quantitative estimate of drug-likeness (QED) is 0.685. The van der Waals surface area contributed by atoms with E-state index in [9.17, 15) is 14.7 Å². The van der Waals surface area contributed by atoms with Crippen molar-refractivity contribution in [2.45, 2.75) is 52.4 Å². The minimum atomic E-state index is -1.06. The number of nitrogens with one attached hydrogen (secondary N) is 1. The minimum Gasteiger partial charge on any atom is -0.507 e. The number of amides is 1. The number of carboxylic acids is 1. The highest BCUT2D eigenvalue weighted by molar-refractivity contribution is 8.18. The Labute approximate surface area is 163 Å². The van der Waals surface area contributed by atoms with Crippen molar-refractivity contribution in [1.29, 1.82) is 0 Å². The lowest BCUT2D eigenvalue weighted by Crippen LogP contribution is -2.20. The maximum atomic E-state index is 12.2. The highest BCUT2D eigenvalue weighted by atomic mass is 32.2. The van der Waals surface area contributed by atoms with Crippen LogP contribution in [0.15, 0.2) is 22.0 Å². The predicted molar refractivity (Wildman–Crippen MR) is 109 cm³/mol. The van der Waals surface area contributed by atoms with E-state index < -0.39 is 12.5 Å². The molecule has 0 unspecified atom stereocenters. The molecule has 0 atom stereocenters. The van der Waals surface area contributed by atoms with Crippen LogP contribution < -0.4 is 5.32 Å². The molecule has 0 aromatic heterocycles. The first-order chi connectivity index (χ1) is 12.3. The van der Waals surface area contributed by atoms with Crippen molar-refractivity contribution in [3.63, 3.8) is 0 Å². The van der Waals surface area contributed by atoms with Crippen molar-refractivity contribution in [1.82, 2.24) is 5.32 Å². The summed E-state index contributed by atoms with van der Waals surface area (Å²) in [6.45, 7) is 11.8. The summed E-state index contributed by atoms with van der Waals surface area (Å²) in [7, 11) is 0. The zero-order chi connectivity index (χ0) is 20.6. The van der Waals surface area contributed by atoms with Gasteiger partial charge in [0, 0.05) is 11.1 Å². The van der Waals surface area contributed by atoms with Gasteiger partial charge in [-0.05, 0) is 46.4 Å². The summed E-state index contributed by atoms with van der Waals surface area (Å²) < 4.78 is 0. The molecule has 0 aliphatic carbocycles. The van der Waals surface area contributed by atoms with Crippen molar-refractivity contribution in [3.8, 4) is 5.75 Å². The molecule has 1 aliphatic rings. The summed E-state index contributed by atoms with van der Waals surface area (Å²) in [4.78, 5) is 27.1. The van der Waals surface area contributed by atoms with Crippen molar-refractivity contribution in [3.05, 3.63) is 33.7 Å². The first-order valence-electron chi connectivity index (χ1n) is 8.64. The SMILES string of the molecule is CC(C)(C)c1cc(/C=C2/SC(=NCC(=O)O)NC2=O)cc(C(C)(C)C)c1O. The van der Waals surface area contributed by atoms with Gasteiger partial charge in [0.1, 0.15) is 12.3 Å². The average molecular weight is 391 g/mol. The van der Waals surface area contributed by atoms with Crippen LogP contribution in [0.25, 0.3) is 6.08 Å². The molecule has 146 valence electrons. The molecule has 1 amide bonds. The van der Waals surface area contributed by atoms with Crippen LogP contribution in [0.5, 0.6) is 5.75 Å². The summed E-state index contributed by atoms with van der Waals surface area (Å²) in [6, 6.07) is 3.77. The number of hydrogen-bond donors (Lipinski definition) is 3. The van der Waals surface area contributed by atoms with Crippen molar-refractivity contribution < 1.29 is 19.8 Å². The molecule has 1 heterocycles. The molecule has 0 radical (unpaired) electrons. The van der Waals surface area contributed by atoms with Crippen LogP contribution in [0.3, 0.4) is 0 Å². The maximum Gasteiger partial charge on any atom is 0.325 e. The van der Waals surface area contributed by atoms with Gasteiger partial charge in [-0.25, -0.2) is 0 Å². The molecular weight excluding hydrogens is 364 g/mol. The fourth-order valence-electron chi connectivity index (χ4n) is 2.68. The largest absolute Gasteiger partial charge is 0.507 e. The van der Waals surface area contributed by atoms with Gasteiger partial charge < -0.3 is 15.5 Å². The second-order valence-electron chi connectivity index (χ2n) is 8.54. The van der Waals surface area contributed by atoms with Gasteiger partial charge in [0.05, 0.1) is 4.91 Å². The second kappa shape index (κ2) is 7.38. The number of phenolic OH excluding ortho intramolecular Hbond substituents is 1. The molecular formula is C20H26N2O4S. The van der Waals surface area contributed by atoms with Crippen LogP contribution >= 0.6 is 11.8 Å². The molecule has 1 saturated heterocycles. The Hall–Kier alpha value is -2.28. The standard InChI is InChI=1S/C20H26N2O4S/c1-19(2,3)12-7-11(8-13(16(12)25)20(4,5)6)9-14-17(26)22-18(27-14)21-10-15(23)24/h7-9,25H,10H2,1-6H3,(H,23,24)(H,21,22,26)/b14-9+. The zero-order valence-electron chi connectivity index (χ0n) is 16.5. The number of carboxylic acid groups (broad SMARTS) is 1. The Balaban J connectivity index is 2.50. The molecule has 2 rings (SSSR count). The molecule has 1 aliphatic heterocycles. The Morgan fingerprint density at radius 1 is 1.15 bits per heavy atom. The fraction of sp³-hybridized carbons (Fsp3) is 0.450. The number of amidine groups is 1. The van der Waals surface area contributed by atoms with Gasteiger partial charge in [-0.15, -0.1) is 0 Å².